The van der Waals surface area contributed by atoms with Crippen LogP contribution in [0.15, 0.2) is 41.3 Å². The summed E-state index contributed by atoms with van der Waals surface area (Å²) >= 11 is 0. The lowest BCUT2D eigenvalue weighted by molar-refractivity contribution is -0.115. The highest BCUT2D eigenvalue weighted by Gasteiger charge is 2.08. The second kappa shape index (κ2) is 7.21. The smallest absolute Gasteiger partial charge is 0.273 e. The minimum atomic E-state index is -0.174. The van der Waals surface area contributed by atoms with Gasteiger partial charge in [0.1, 0.15) is 12.4 Å². The van der Waals surface area contributed by atoms with Crippen molar-refractivity contribution in [2.75, 3.05) is 5.32 Å². The normalized spacial score (nSPS) is 10.8. The molecule has 2 N–H and O–H groups in total. The molecule has 7 nitrogen and oxygen atoms in total. The monoisotopic (exact) mass is 340 g/mol. The van der Waals surface area contributed by atoms with E-state index < -0.39 is 0 Å². The Morgan fingerprint density at radius 1 is 1.32 bits per heavy atom. The molecule has 2 heterocycles. The number of carbonyl (C=O) groups excluding carboxylic acids is 1. The van der Waals surface area contributed by atoms with E-state index in [4.69, 9.17) is 4.74 Å². The molecule has 3 aromatic rings. The van der Waals surface area contributed by atoms with Crippen molar-refractivity contribution in [3.05, 3.63) is 58.1 Å². The van der Waals surface area contributed by atoms with Gasteiger partial charge in [0.05, 0.1) is 5.69 Å². The fourth-order valence-electron chi connectivity index (χ4n) is 2.48. The number of hydrogen-bond donors (Lipinski definition) is 2. The van der Waals surface area contributed by atoms with Crippen LogP contribution in [-0.2, 0) is 17.8 Å². The Morgan fingerprint density at radius 3 is 2.92 bits per heavy atom. The maximum atomic E-state index is 12.1. The molecule has 0 spiro atoms. The highest BCUT2D eigenvalue weighted by Crippen LogP contribution is 2.18. The van der Waals surface area contributed by atoms with Crippen LogP contribution in [0.4, 0.5) is 5.69 Å². The predicted molar refractivity (Wildman–Crippen MR) is 94.9 cm³/mol. The van der Waals surface area contributed by atoms with Gasteiger partial charge in [-0.05, 0) is 18.6 Å². The molecule has 7 heteroatoms. The van der Waals surface area contributed by atoms with E-state index in [1.54, 1.807) is 37.4 Å². The number of amides is 1. The lowest BCUT2D eigenvalue weighted by Crippen LogP contribution is -2.16. The molecule has 1 amide bonds. The molecule has 1 aromatic carbocycles. The summed E-state index contributed by atoms with van der Waals surface area (Å²) in [4.78, 5) is 28.1. The Bertz CT molecular complexity index is 958. The molecule has 2 aromatic heterocycles. The third-order valence-electron chi connectivity index (χ3n) is 3.83. The average molecular weight is 340 g/mol. The average Bonchev–Trinajstić information content (AvgIpc) is 3.04. The highest BCUT2D eigenvalue weighted by atomic mass is 16.5. The second-order valence-corrected chi connectivity index (χ2v) is 5.62. The zero-order valence-corrected chi connectivity index (χ0v) is 14.2. The van der Waals surface area contributed by atoms with Crippen molar-refractivity contribution in [3.8, 4) is 5.75 Å². The molecule has 0 saturated carbocycles. The highest BCUT2D eigenvalue weighted by molar-refractivity contribution is 5.90. The van der Waals surface area contributed by atoms with E-state index in [0.29, 0.717) is 29.2 Å². The number of nitrogens with zero attached hydrogens (tertiary/aromatic N) is 2. The van der Waals surface area contributed by atoms with E-state index in [2.05, 4.69) is 15.4 Å². The molecule has 130 valence electrons. The minimum absolute atomic E-state index is 0.0585. The summed E-state index contributed by atoms with van der Waals surface area (Å²) in [5.41, 5.74) is 2.65. The largest absolute Gasteiger partial charge is 0.487 e. The van der Waals surface area contributed by atoms with Gasteiger partial charge in [-0.3, -0.25) is 14.7 Å². The third-order valence-corrected chi connectivity index (χ3v) is 3.83. The van der Waals surface area contributed by atoms with E-state index in [1.807, 2.05) is 6.92 Å². The summed E-state index contributed by atoms with van der Waals surface area (Å²) < 4.78 is 7.15. The molecule has 0 atom stereocenters. The van der Waals surface area contributed by atoms with E-state index in [1.165, 1.54) is 10.6 Å². The van der Waals surface area contributed by atoms with Gasteiger partial charge in [0.15, 0.2) is 5.65 Å². The van der Waals surface area contributed by atoms with Crippen LogP contribution in [0.25, 0.3) is 5.65 Å². The van der Waals surface area contributed by atoms with Crippen LogP contribution in [0.3, 0.4) is 0 Å². The Kier molecular flexibility index (Phi) is 4.83. The Hall–Kier alpha value is -3.09. The first-order valence-corrected chi connectivity index (χ1v) is 8.22. The van der Waals surface area contributed by atoms with Crippen molar-refractivity contribution in [1.29, 1.82) is 0 Å². The van der Waals surface area contributed by atoms with Gasteiger partial charge < -0.3 is 10.1 Å². The van der Waals surface area contributed by atoms with Gasteiger partial charge in [0, 0.05) is 36.0 Å². The standard InChI is InChI=1S/C18H20N4O3/c1-3-12-10-19-22-17(24)9-14(21-18(12)22)11-25-15-7-5-6-13(8-15)20-16(23)4-2/h5-10,19H,3-4,11H2,1-2H3,(H,20,23). The van der Waals surface area contributed by atoms with Crippen LogP contribution in [0.5, 0.6) is 5.75 Å². The Labute approximate surface area is 144 Å². The SMILES string of the molecule is CCC(=O)Nc1cccc(OCc2cc(=O)n3[nH]cc(CC)c3n2)c1. The molecule has 0 aliphatic carbocycles. The Morgan fingerprint density at radius 2 is 2.16 bits per heavy atom. The second-order valence-electron chi connectivity index (χ2n) is 5.62. The number of aromatic nitrogens is 3. The first-order valence-electron chi connectivity index (χ1n) is 8.22. The van der Waals surface area contributed by atoms with E-state index in [0.717, 1.165) is 12.0 Å². The van der Waals surface area contributed by atoms with Crippen LogP contribution >= 0.6 is 0 Å². The van der Waals surface area contributed by atoms with Gasteiger partial charge in [-0.1, -0.05) is 19.9 Å². The van der Waals surface area contributed by atoms with Crippen LogP contribution in [0.1, 0.15) is 31.5 Å². The van der Waals surface area contributed by atoms with Crippen LogP contribution < -0.4 is 15.6 Å². The maximum absolute atomic E-state index is 12.1. The minimum Gasteiger partial charge on any atom is -0.487 e. The van der Waals surface area contributed by atoms with Gasteiger partial charge in [-0.2, -0.15) is 0 Å². The van der Waals surface area contributed by atoms with Crippen molar-refractivity contribution in [1.82, 2.24) is 14.6 Å². The summed E-state index contributed by atoms with van der Waals surface area (Å²) in [5, 5.41) is 5.68. The number of nitrogens with one attached hydrogen (secondary N) is 2. The number of carbonyl (C=O) groups is 1. The Balaban J connectivity index is 1.77. The molecule has 3 rings (SSSR count). The van der Waals surface area contributed by atoms with Crippen LogP contribution in [-0.4, -0.2) is 20.5 Å². The maximum Gasteiger partial charge on any atom is 0.273 e. The lowest BCUT2D eigenvalue weighted by Gasteiger charge is -2.09. The number of aromatic amines is 1. The first-order chi connectivity index (χ1) is 12.1. The first kappa shape index (κ1) is 16.8. The molecule has 0 aliphatic rings. The zero-order valence-electron chi connectivity index (χ0n) is 14.2. The quantitative estimate of drug-likeness (QED) is 0.722. The molecular weight excluding hydrogens is 320 g/mol. The number of rotatable bonds is 6. The number of anilines is 1. The third kappa shape index (κ3) is 3.71. The van der Waals surface area contributed by atoms with E-state index >= 15 is 0 Å². The van der Waals surface area contributed by atoms with E-state index in [9.17, 15) is 9.59 Å². The molecule has 0 saturated heterocycles. The predicted octanol–water partition coefficient (Wildman–Crippen LogP) is 2.51. The lowest BCUT2D eigenvalue weighted by atomic mass is 10.2. The molecule has 0 unspecified atom stereocenters. The van der Waals surface area contributed by atoms with Gasteiger partial charge >= 0.3 is 0 Å². The molecule has 0 fully saturated rings. The summed E-state index contributed by atoms with van der Waals surface area (Å²) in [6, 6.07) is 8.58. The summed E-state index contributed by atoms with van der Waals surface area (Å²) in [6.45, 7) is 3.97. The number of aryl methyl sites for hydroxylation is 1. The van der Waals surface area contributed by atoms with Gasteiger partial charge in [-0.25, -0.2) is 9.50 Å². The topological polar surface area (TPSA) is 88.5 Å². The number of fused-ring (bicyclic) bond motifs is 1. The summed E-state index contributed by atoms with van der Waals surface area (Å²) in [6.07, 6.45) is 2.98. The van der Waals surface area contributed by atoms with Gasteiger partial charge in [0.2, 0.25) is 5.91 Å². The van der Waals surface area contributed by atoms with Gasteiger partial charge in [0.25, 0.3) is 5.56 Å². The van der Waals surface area contributed by atoms with Crippen molar-refractivity contribution in [3.63, 3.8) is 0 Å². The van der Waals surface area contributed by atoms with Crippen LogP contribution in [0, 0.1) is 0 Å². The van der Waals surface area contributed by atoms with Gasteiger partial charge in [-0.15, -0.1) is 0 Å². The molecule has 25 heavy (non-hydrogen) atoms. The molecule has 0 bridgehead atoms. The number of benzene rings is 1. The number of ether oxygens (including phenoxy) is 1. The van der Waals surface area contributed by atoms with Crippen molar-refractivity contribution in [2.24, 2.45) is 0 Å². The zero-order chi connectivity index (χ0) is 17.8. The molecular formula is C18H20N4O3. The number of H-pyrrole nitrogens is 1. The van der Waals surface area contributed by atoms with Crippen LogP contribution in [0.2, 0.25) is 0 Å². The molecule has 0 radical (unpaired) electrons. The summed E-state index contributed by atoms with van der Waals surface area (Å²) in [7, 11) is 0. The fourth-order valence-corrected chi connectivity index (χ4v) is 2.48. The molecule has 0 aliphatic heterocycles. The summed E-state index contributed by atoms with van der Waals surface area (Å²) in [5.74, 6) is 0.539. The fraction of sp³-hybridized carbons (Fsp3) is 0.278. The van der Waals surface area contributed by atoms with Crippen molar-refractivity contribution >= 4 is 17.2 Å². The van der Waals surface area contributed by atoms with Crippen molar-refractivity contribution < 1.29 is 9.53 Å². The van der Waals surface area contributed by atoms with E-state index in [-0.39, 0.29) is 18.1 Å². The number of hydrogen-bond acceptors (Lipinski definition) is 4. The van der Waals surface area contributed by atoms with Crippen molar-refractivity contribution in [2.45, 2.75) is 33.3 Å².